The summed E-state index contributed by atoms with van der Waals surface area (Å²) in [6.07, 6.45) is 7.22. The highest BCUT2D eigenvalue weighted by atomic mass is 35.5. The van der Waals surface area contributed by atoms with Gasteiger partial charge in [0.25, 0.3) is 10.0 Å². The van der Waals surface area contributed by atoms with Gasteiger partial charge in [-0.2, -0.15) is 0 Å². The van der Waals surface area contributed by atoms with E-state index in [2.05, 4.69) is 25.0 Å². The van der Waals surface area contributed by atoms with E-state index < -0.39 is 37.8 Å². The molecular weight excluding hydrogens is 504 g/mol. The number of methoxy groups -OCH3 is 1. The molecule has 0 spiro atoms. The zero-order valence-corrected chi connectivity index (χ0v) is 19.3. The molecule has 0 bridgehead atoms. The first-order valence-corrected chi connectivity index (χ1v) is 11.7. The fraction of sp³-hybridized carbons (Fsp3) is 0.0476. The highest BCUT2D eigenvalue weighted by Crippen LogP contribution is 2.33. The molecule has 14 heteroatoms. The van der Waals surface area contributed by atoms with Crippen LogP contribution in [0.5, 0.6) is 5.88 Å². The van der Waals surface area contributed by atoms with Crippen LogP contribution in [-0.4, -0.2) is 44.9 Å². The molecule has 4 heterocycles. The van der Waals surface area contributed by atoms with E-state index >= 15 is 4.39 Å². The third-order valence-electron chi connectivity index (χ3n) is 5.04. The van der Waals surface area contributed by atoms with E-state index in [0.29, 0.717) is 11.3 Å². The summed E-state index contributed by atoms with van der Waals surface area (Å²) in [6.45, 7) is 0. The van der Waals surface area contributed by atoms with Crippen molar-refractivity contribution in [3.63, 3.8) is 0 Å². The Labute approximate surface area is 201 Å². The first-order valence-electron chi connectivity index (χ1n) is 9.82. The number of hydrogen-bond donors (Lipinski definition) is 1. The smallest absolute Gasteiger partial charge is 0.267 e. The highest BCUT2D eigenvalue weighted by Gasteiger charge is 2.25. The number of pyridine rings is 2. The van der Waals surface area contributed by atoms with Gasteiger partial charge in [0, 0.05) is 18.0 Å². The van der Waals surface area contributed by atoms with Crippen molar-refractivity contribution in [2.45, 2.75) is 4.90 Å². The van der Waals surface area contributed by atoms with Gasteiger partial charge in [-0.3, -0.25) is 4.72 Å². The summed E-state index contributed by atoms with van der Waals surface area (Å²) in [4.78, 5) is 7.66. The third kappa shape index (κ3) is 4.04. The highest BCUT2D eigenvalue weighted by molar-refractivity contribution is 7.92. The number of imidazole rings is 1. The number of ether oxygens (including phenoxy) is 1. The van der Waals surface area contributed by atoms with E-state index in [-0.39, 0.29) is 16.5 Å². The standard InChI is InChI=1S/C21H14ClF2N7O3S/c1-34-21-17(8-13(22)9-25-21)35(32,33)28-15-4-3-14(23)18(19(15)24)12-2-5-16-20(26-11-30(16)10-12)31-7-6-27-29-31/h2-11,28H,1H3. The van der Waals surface area contributed by atoms with Crippen LogP contribution in [0.2, 0.25) is 5.02 Å². The number of halogens is 3. The normalized spacial score (nSPS) is 11.7. The van der Waals surface area contributed by atoms with Crippen LogP contribution >= 0.6 is 11.6 Å². The Kier molecular flexibility index (Phi) is 5.57. The molecule has 0 aliphatic rings. The molecule has 0 saturated heterocycles. The molecule has 0 unspecified atom stereocenters. The van der Waals surface area contributed by atoms with Gasteiger partial charge in [0.05, 0.1) is 41.3 Å². The van der Waals surface area contributed by atoms with Gasteiger partial charge < -0.3 is 9.14 Å². The average molecular weight is 518 g/mol. The lowest BCUT2D eigenvalue weighted by Crippen LogP contribution is -2.16. The average Bonchev–Trinajstić information content (AvgIpc) is 3.50. The molecule has 1 N–H and O–H groups in total. The molecule has 0 fully saturated rings. The zero-order valence-electron chi connectivity index (χ0n) is 17.7. The van der Waals surface area contributed by atoms with Crippen molar-refractivity contribution in [1.29, 1.82) is 0 Å². The van der Waals surface area contributed by atoms with E-state index in [1.54, 1.807) is 16.7 Å². The summed E-state index contributed by atoms with van der Waals surface area (Å²) in [5, 5.41) is 7.66. The number of benzene rings is 1. The van der Waals surface area contributed by atoms with E-state index in [0.717, 1.165) is 18.2 Å². The molecule has 35 heavy (non-hydrogen) atoms. The van der Waals surface area contributed by atoms with Gasteiger partial charge in [-0.15, -0.1) is 5.10 Å². The first-order chi connectivity index (χ1) is 16.8. The lowest BCUT2D eigenvalue weighted by Gasteiger charge is -2.14. The van der Waals surface area contributed by atoms with Crippen LogP contribution in [0.15, 0.2) is 66.3 Å². The summed E-state index contributed by atoms with van der Waals surface area (Å²) >= 11 is 5.87. The summed E-state index contributed by atoms with van der Waals surface area (Å²) in [5.74, 6) is -1.76. The van der Waals surface area contributed by atoms with Crippen LogP contribution < -0.4 is 9.46 Å². The molecule has 178 valence electrons. The summed E-state index contributed by atoms with van der Waals surface area (Å²) in [5.41, 5.74) is -0.146. The van der Waals surface area contributed by atoms with E-state index in [4.69, 9.17) is 16.3 Å². The second kappa shape index (κ2) is 8.60. The van der Waals surface area contributed by atoms with Crippen molar-refractivity contribution < 1.29 is 21.9 Å². The van der Waals surface area contributed by atoms with Crippen LogP contribution in [0.4, 0.5) is 14.5 Å². The van der Waals surface area contributed by atoms with Crippen molar-refractivity contribution in [2.24, 2.45) is 0 Å². The topological polar surface area (TPSA) is 116 Å². The predicted octanol–water partition coefficient (Wildman–Crippen LogP) is 3.72. The monoisotopic (exact) mass is 517 g/mol. The number of hydrogen-bond acceptors (Lipinski definition) is 7. The SMILES string of the molecule is COc1ncc(Cl)cc1S(=O)(=O)Nc1ccc(F)c(-c2ccc3c(-n4ccnn4)ncn3c2)c1F. The maximum absolute atomic E-state index is 15.5. The lowest BCUT2D eigenvalue weighted by molar-refractivity contribution is 0.385. The molecule has 0 radical (unpaired) electrons. The maximum Gasteiger partial charge on any atom is 0.267 e. The van der Waals surface area contributed by atoms with Crippen molar-refractivity contribution in [2.75, 3.05) is 11.8 Å². The van der Waals surface area contributed by atoms with E-state index in [1.165, 1.54) is 42.8 Å². The van der Waals surface area contributed by atoms with Crippen LogP contribution in [0.25, 0.3) is 22.5 Å². The summed E-state index contributed by atoms with van der Waals surface area (Å²) in [6, 6.07) is 6.15. The molecular formula is C21H14ClF2N7O3S. The van der Waals surface area contributed by atoms with Gasteiger partial charge in [0.15, 0.2) is 16.5 Å². The van der Waals surface area contributed by atoms with Crippen molar-refractivity contribution in [3.8, 4) is 22.8 Å². The van der Waals surface area contributed by atoms with Gasteiger partial charge in [0.1, 0.15) is 12.1 Å². The molecule has 10 nitrogen and oxygen atoms in total. The van der Waals surface area contributed by atoms with Crippen molar-refractivity contribution in [1.82, 2.24) is 29.4 Å². The Balaban J connectivity index is 1.56. The molecule has 0 aliphatic heterocycles. The maximum atomic E-state index is 15.5. The van der Waals surface area contributed by atoms with Crippen LogP contribution in [0.1, 0.15) is 0 Å². The minimum Gasteiger partial charge on any atom is -0.480 e. The predicted molar refractivity (Wildman–Crippen MR) is 122 cm³/mol. The number of aromatic nitrogens is 6. The van der Waals surface area contributed by atoms with Gasteiger partial charge in [-0.05, 0) is 24.3 Å². The van der Waals surface area contributed by atoms with Gasteiger partial charge in [-0.25, -0.2) is 31.8 Å². The second-order valence-corrected chi connectivity index (χ2v) is 9.26. The first kappa shape index (κ1) is 22.7. The van der Waals surface area contributed by atoms with Crippen LogP contribution in [-0.2, 0) is 10.0 Å². The molecule has 5 rings (SSSR count). The summed E-state index contributed by atoms with van der Waals surface area (Å²) in [7, 11) is -3.16. The number of fused-ring (bicyclic) bond motifs is 1. The van der Waals surface area contributed by atoms with E-state index in [1.807, 2.05) is 0 Å². The molecule has 0 saturated carbocycles. The molecule has 0 atom stereocenters. The molecule has 4 aromatic heterocycles. The number of anilines is 1. The number of rotatable bonds is 6. The number of sulfonamides is 1. The molecule has 5 aromatic rings. The number of nitrogens with zero attached hydrogens (tertiary/aromatic N) is 6. The Hall–Kier alpha value is -4.10. The van der Waals surface area contributed by atoms with Gasteiger partial charge in [0.2, 0.25) is 5.88 Å². The zero-order chi connectivity index (χ0) is 24.7. The Morgan fingerprint density at radius 3 is 2.71 bits per heavy atom. The third-order valence-corrected chi connectivity index (χ3v) is 6.61. The molecule has 0 amide bonds. The Bertz CT molecular complexity index is 1670. The fourth-order valence-electron chi connectivity index (χ4n) is 3.48. The molecule has 1 aromatic carbocycles. The minimum atomic E-state index is -4.38. The number of nitrogens with one attached hydrogen (secondary N) is 1. The van der Waals surface area contributed by atoms with Crippen molar-refractivity contribution >= 4 is 32.8 Å². The van der Waals surface area contributed by atoms with Gasteiger partial charge in [-0.1, -0.05) is 22.9 Å². The minimum absolute atomic E-state index is 0.0327. The van der Waals surface area contributed by atoms with Crippen LogP contribution in [0, 0.1) is 11.6 Å². The Morgan fingerprint density at radius 2 is 1.97 bits per heavy atom. The summed E-state index contributed by atoms with van der Waals surface area (Å²) < 4.78 is 66.2. The largest absolute Gasteiger partial charge is 0.480 e. The second-order valence-electron chi connectivity index (χ2n) is 7.18. The molecule has 0 aliphatic carbocycles. The fourth-order valence-corrected chi connectivity index (χ4v) is 4.91. The Morgan fingerprint density at radius 1 is 1.14 bits per heavy atom. The lowest BCUT2D eigenvalue weighted by atomic mass is 10.1. The van der Waals surface area contributed by atoms with E-state index in [9.17, 15) is 12.8 Å². The van der Waals surface area contributed by atoms with Crippen molar-refractivity contribution in [3.05, 3.63) is 78.1 Å². The quantitative estimate of drug-likeness (QED) is 0.365. The van der Waals surface area contributed by atoms with Gasteiger partial charge >= 0.3 is 0 Å². The van der Waals surface area contributed by atoms with Crippen LogP contribution in [0.3, 0.4) is 0 Å².